The topological polar surface area (TPSA) is 108 Å². The number of aliphatic hydroxyl groups is 1. The Morgan fingerprint density at radius 3 is 2.33 bits per heavy atom. The second kappa shape index (κ2) is 15.1. The number of aliphatic hydroxyl groups excluding tert-OH is 1. The van der Waals surface area contributed by atoms with Crippen molar-refractivity contribution in [2.45, 2.75) is 70.0 Å². The largest absolute Gasteiger partial charge is 0.497 e. The zero-order valence-electron chi connectivity index (χ0n) is 27.5. The van der Waals surface area contributed by atoms with Crippen LogP contribution in [0.25, 0.3) is 0 Å². The lowest BCUT2D eigenvalue weighted by Crippen LogP contribution is -2.50. The van der Waals surface area contributed by atoms with Crippen molar-refractivity contribution in [3.8, 4) is 11.5 Å². The summed E-state index contributed by atoms with van der Waals surface area (Å²) in [5.74, 6) is 1.80. The SMILES string of the molecule is COc1ccc(C(=O)Nc2cccc(CC[C@H]3O[C@@H](CCn4cc(CCO)nn4)[C@H]([Si](C)(C)c4ccc(OC)cc4)[C@H]3C)c2)cc1. The summed E-state index contributed by atoms with van der Waals surface area (Å²) in [6.45, 7) is 8.04. The average molecular weight is 643 g/mol. The van der Waals surface area contributed by atoms with E-state index in [0.717, 1.165) is 42.0 Å². The molecule has 0 unspecified atom stereocenters. The van der Waals surface area contributed by atoms with E-state index in [1.165, 1.54) is 5.19 Å². The van der Waals surface area contributed by atoms with Gasteiger partial charge in [-0.1, -0.05) is 54.7 Å². The van der Waals surface area contributed by atoms with Crippen LogP contribution < -0.4 is 20.0 Å². The predicted octanol–water partition coefficient (Wildman–Crippen LogP) is 5.49. The summed E-state index contributed by atoms with van der Waals surface area (Å²) < 4.78 is 19.5. The van der Waals surface area contributed by atoms with Crippen LogP contribution in [0.4, 0.5) is 5.69 Å². The van der Waals surface area contributed by atoms with E-state index in [1.807, 2.05) is 23.0 Å². The van der Waals surface area contributed by atoms with E-state index in [2.05, 4.69) is 72.0 Å². The highest BCUT2D eigenvalue weighted by Crippen LogP contribution is 2.46. The summed E-state index contributed by atoms with van der Waals surface area (Å²) in [6, 6.07) is 23.8. The molecule has 4 atom stereocenters. The minimum absolute atomic E-state index is 0.0608. The Morgan fingerprint density at radius 2 is 1.65 bits per heavy atom. The molecule has 1 aliphatic heterocycles. The molecule has 0 saturated carbocycles. The number of carbonyl (C=O) groups excluding carboxylic acids is 1. The van der Waals surface area contributed by atoms with Gasteiger partial charge in [0.05, 0.1) is 40.2 Å². The van der Waals surface area contributed by atoms with Gasteiger partial charge in [0.2, 0.25) is 0 Å². The molecule has 46 heavy (non-hydrogen) atoms. The van der Waals surface area contributed by atoms with E-state index < -0.39 is 8.07 Å². The highest BCUT2D eigenvalue weighted by molar-refractivity contribution is 6.91. The fourth-order valence-electron chi connectivity index (χ4n) is 6.91. The normalized spacial score (nSPS) is 19.6. The molecular weight excluding hydrogens is 597 g/mol. The van der Waals surface area contributed by atoms with Crippen molar-refractivity contribution in [3.63, 3.8) is 0 Å². The maximum Gasteiger partial charge on any atom is 0.255 e. The van der Waals surface area contributed by atoms with Crippen LogP contribution in [0.3, 0.4) is 0 Å². The van der Waals surface area contributed by atoms with E-state index in [4.69, 9.17) is 14.2 Å². The van der Waals surface area contributed by atoms with Gasteiger partial charge in [-0.15, -0.1) is 5.10 Å². The Labute approximate surface area is 272 Å². The van der Waals surface area contributed by atoms with Crippen molar-refractivity contribution in [1.82, 2.24) is 15.0 Å². The quantitative estimate of drug-likeness (QED) is 0.175. The second-order valence-electron chi connectivity index (χ2n) is 12.7. The molecule has 244 valence electrons. The molecule has 3 aromatic carbocycles. The molecule has 0 spiro atoms. The van der Waals surface area contributed by atoms with Gasteiger partial charge >= 0.3 is 0 Å². The smallest absolute Gasteiger partial charge is 0.255 e. The van der Waals surface area contributed by atoms with Gasteiger partial charge in [-0.05, 0) is 84.8 Å². The van der Waals surface area contributed by atoms with Crippen LogP contribution in [-0.4, -0.2) is 67.1 Å². The summed E-state index contributed by atoms with van der Waals surface area (Å²) in [5.41, 5.74) is 3.72. The van der Waals surface area contributed by atoms with Crippen LogP contribution in [0.5, 0.6) is 11.5 Å². The number of benzene rings is 3. The van der Waals surface area contributed by atoms with Crippen molar-refractivity contribution < 1.29 is 24.1 Å². The molecule has 0 aliphatic carbocycles. The number of aromatic nitrogens is 3. The van der Waals surface area contributed by atoms with Gasteiger partial charge in [0.1, 0.15) is 11.5 Å². The van der Waals surface area contributed by atoms with Crippen molar-refractivity contribution in [2.75, 3.05) is 26.1 Å². The molecule has 1 fully saturated rings. The van der Waals surface area contributed by atoms with Gasteiger partial charge in [0.15, 0.2) is 0 Å². The highest BCUT2D eigenvalue weighted by atomic mass is 28.3. The van der Waals surface area contributed by atoms with Gasteiger partial charge < -0.3 is 24.6 Å². The summed E-state index contributed by atoms with van der Waals surface area (Å²) in [5, 5.41) is 22.2. The van der Waals surface area contributed by atoms with Crippen LogP contribution >= 0.6 is 0 Å². The lowest BCUT2D eigenvalue weighted by Gasteiger charge is -2.36. The van der Waals surface area contributed by atoms with Crippen LogP contribution in [0.2, 0.25) is 18.6 Å². The maximum absolute atomic E-state index is 12.9. The first-order valence-corrected chi connectivity index (χ1v) is 19.1. The third kappa shape index (κ3) is 7.86. The van der Waals surface area contributed by atoms with Crippen molar-refractivity contribution in [1.29, 1.82) is 0 Å². The van der Waals surface area contributed by atoms with E-state index in [-0.39, 0.29) is 24.7 Å². The first kappa shape index (κ1) is 33.4. The fraction of sp³-hybridized carbons (Fsp3) is 0.417. The minimum Gasteiger partial charge on any atom is -0.497 e. The van der Waals surface area contributed by atoms with E-state index in [9.17, 15) is 9.90 Å². The summed E-state index contributed by atoms with van der Waals surface area (Å²) in [7, 11) is 1.32. The first-order valence-electron chi connectivity index (χ1n) is 16.1. The molecule has 10 heteroatoms. The molecule has 0 bridgehead atoms. The Balaban J connectivity index is 1.28. The molecule has 1 aliphatic rings. The standard InChI is InChI=1S/C36H46N4O5Si/c1-25-33(18-9-26-7-6-8-28(23-26)37-36(42)27-10-12-30(43-2)13-11-27)45-34(19-21-40-24-29(20-22-41)38-39-40)35(25)46(4,5)32-16-14-31(44-3)15-17-32/h6-8,10-17,23-25,33-35,41H,9,18-22H2,1-5H3,(H,37,42)/t25-,33+,34-,35+/m0/s1. The van der Waals surface area contributed by atoms with E-state index in [1.54, 1.807) is 38.5 Å². The molecule has 2 N–H and O–H groups in total. The Kier molecular flexibility index (Phi) is 10.9. The zero-order valence-corrected chi connectivity index (χ0v) is 28.5. The molecule has 1 aromatic heterocycles. The van der Waals surface area contributed by atoms with E-state index >= 15 is 0 Å². The highest BCUT2D eigenvalue weighted by Gasteiger charge is 2.50. The van der Waals surface area contributed by atoms with Gasteiger partial charge in [-0.25, -0.2) is 0 Å². The molecule has 4 aromatic rings. The zero-order chi connectivity index (χ0) is 32.7. The molecule has 0 radical (unpaired) electrons. The first-order chi connectivity index (χ1) is 22.2. The van der Waals surface area contributed by atoms with Crippen LogP contribution in [-0.2, 0) is 24.1 Å². The number of aryl methyl sites for hydroxylation is 2. The van der Waals surface area contributed by atoms with Gasteiger partial charge in [0.25, 0.3) is 5.91 Å². The molecular formula is C36H46N4O5Si. The van der Waals surface area contributed by atoms with Crippen LogP contribution in [0.1, 0.15) is 41.4 Å². The number of amides is 1. The monoisotopic (exact) mass is 642 g/mol. The summed E-state index contributed by atoms with van der Waals surface area (Å²) in [4.78, 5) is 12.9. The minimum atomic E-state index is -1.98. The second-order valence-corrected chi connectivity index (χ2v) is 17.4. The van der Waals surface area contributed by atoms with E-state index in [0.29, 0.717) is 35.7 Å². The van der Waals surface area contributed by atoms with Crippen LogP contribution in [0, 0.1) is 5.92 Å². The predicted molar refractivity (Wildman–Crippen MR) is 183 cm³/mol. The average Bonchev–Trinajstić information content (AvgIpc) is 3.66. The summed E-state index contributed by atoms with van der Waals surface area (Å²) in [6.07, 6.45) is 5.20. The molecule has 5 rings (SSSR count). The maximum atomic E-state index is 12.9. The Bertz CT molecular complexity index is 1570. The van der Waals surface area contributed by atoms with Crippen LogP contribution in [0.15, 0.2) is 79.0 Å². The molecule has 2 heterocycles. The lowest BCUT2D eigenvalue weighted by molar-refractivity contribution is 0.0249. The number of ether oxygens (including phenoxy) is 3. The number of anilines is 1. The molecule has 9 nitrogen and oxygen atoms in total. The van der Waals surface area contributed by atoms with Crippen molar-refractivity contribution >= 4 is 24.9 Å². The van der Waals surface area contributed by atoms with Crippen molar-refractivity contribution in [3.05, 3.63) is 95.8 Å². The number of methoxy groups -OCH3 is 2. The van der Waals surface area contributed by atoms with Gasteiger partial charge in [0, 0.05) is 37.0 Å². The molecule has 1 saturated heterocycles. The number of nitrogens with one attached hydrogen (secondary N) is 1. The number of rotatable bonds is 14. The third-order valence-electron chi connectivity index (χ3n) is 9.42. The Morgan fingerprint density at radius 1 is 0.957 bits per heavy atom. The lowest BCUT2D eigenvalue weighted by atomic mass is 9.95. The number of carbonyl (C=O) groups is 1. The molecule has 1 amide bonds. The fourth-order valence-corrected chi connectivity index (χ4v) is 11.0. The number of hydrogen-bond donors (Lipinski definition) is 2. The third-order valence-corrected chi connectivity index (χ3v) is 13.8. The van der Waals surface area contributed by atoms with Crippen molar-refractivity contribution in [2.24, 2.45) is 5.92 Å². The number of hydrogen-bond acceptors (Lipinski definition) is 7. The number of nitrogens with zero attached hydrogens (tertiary/aromatic N) is 3. The van der Waals surface area contributed by atoms with Gasteiger partial charge in [-0.3, -0.25) is 9.48 Å². The van der Waals surface area contributed by atoms with Gasteiger partial charge in [-0.2, -0.15) is 0 Å². The Hall–Kier alpha value is -3.99. The summed E-state index contributed by atoms with van der Waals surface area (Å²) >= 11 is 0.